The van der Waals surface area contributed by atoms with Crippen LogP contribution in [0.5, 0.6) is 11.5 Å². The zero-order valence-corrected chi connectivity index (χ0v) is 12.8. The van der Waals surface area contributed by atoms with Crippen LogP contribution >= 0.6 is 0 Å². The number of nitrogens with zero attached hydrogens (tertiary/aromatic N) is 2. The summed E-state index contributed by atoms with van der Waals surface area (Å²) in [5, 5.41) is 14.6. The van der Waals surface area contributed by atoms with Gasteiger partial charge in [0.15, 0.2) is 12.4 Å². The van der Waals surface area contributed by atoms with E-state index in [9.17, 15) is 14.9 Å². The molecule has 0 atom stereocenters. The Morgan fingerprint density at radius 3 is 2.62 bits per heavy atom. The maximum absolute atomic E-state index is 11.6. The van der Waals surface area contributed by atoms with Gasteiger partial charge in [0.1, 0.15) is 5.75 Å². The van der Waals surface area contributed by atoms with Crippen molar-refractivity contribution in [2.24, 2.45) is 5.10 Å². The molecule has 0 spiro atoms. The molecule has 8 nitrogen and oxygen atoms in total. The Kier molecular flexibility index (Phi) is 5.84. The highest BCUT2D eigenvalue weighted by atomic mass is 16.6. The summed E-state index contributed by atoms with van der Waals surface area (Å²) in [6.07, 6.45) is 1.46. The minimum Gasteiger partial charge on any atom is -0.497 e. The molecule has 0 aromatic heterocycles. The number of hydrazone groups is 1. The summed E-state index contributed by atoms with van der Waals surface area (Å²) in [6, 6.07) is 12.9. The minimum absolute atomic E-state index is 0.0248. The highest BCUT2D eigenvalue weighted by Gasteiger charge is 2.14. The lowest BCUT2D eigenvalue weighted by atomic mass is 10.2. The monoisotopic (exact) mass is 329 g/mol. The third kappa shape index (κ3) is 4.80. The number of nitro groups is 1. The van der Waals surface area contributed by atoms with Crippen molar-refractivity contribution in [1.82, 2.24) is 5.43 Å². The van der Waals surface area contributed by atoms with E-state index >= 15 is 0 Å². The van der Waals surface area contributed by atoms with Crippen molar-refractivity contribution in [3.05, 3.63) is 64.2 Å². The van der Waals surface area contributed by atoms with Crippen molar-refractivity contribution in [1.29, 1.82) is 0 Å². The fourth-order valence-corrected chi connectivity index (χ4v) is 1.77. The number of methoxy groups -OCH3 is 1. The van der Waals surface area contributed by atoms with Crippen molar-refractivity contribution in [2.45, 2.75) is 0 Å². The largest absolute Gasteiger partial charge is 0.497 e. The minimum atomic E-state index is -0.574. The van der Waals surface area contributed by atoms with Crippen molar-refractivity contribution < 1.29 is 19.2 Å². The van der Waals surface area contributed by atoms with Gasteiger partial charge in [-0.1, -0.05) is 12.1 Å². The van der Waals surface area contributed by atoms with E-state index < -0.39 is 10.8 Å². The van der Waals surface area contributed by atoms with Gasteiger partial charge in [-0.3, -0.25) is 14.9 Å². The van der Waals surface area contributed by atoms with Gasteiger partial charge in [-0.2, -0.15) is 5.10 Å². The Hall–Kier alpha value is -3.42. The normalized spacial score (nSPS) is 10.4. The number of para-hydroxylation sites is 2. The molecule has 2 aromatic carbocycles. The molecule has 0 fully saturated rings. The number of nitrogens with one attached hydrogen (secondary N) is 1. The molecule has 0 aliphatic carbocycles. The molecule has 2 aromatic rings. The number of nitro benzene ring substituents is 1. The van der Waals surface area contributed by atoms with E-state index in [0.29, 0.717) is 5.75 Å². The van der Waals surface area contributed by atoms with Crippen molar-refractivity contribution in [2.75, 3.05) is 13.7 Å². The number of hydrogen-bond donors (Lipinski definition) is 1. The number of rotatable bonds is 7. The fraction of sp³-hybridized carbons (Fsp3) is 0.125. The second-order valence-electron chi connectivity index (χ2n) is 4.58. The first kappa shape index (κ1) is 16.9. The van der Waals surface area contributed by atoms with Crippen LogP contribution in [0.15, 0.2) is 53.6 Å². The molecule has 0 aliphatic rings. The molecule has 2 rings (SSSR count). The summed E-state index contributed by atoms with van der Waals surface area (Å²) in [5.41, 5.74) is 2.86. The van der Waals surface area contributed by atoms with Gasteiger partial charge >= 0.3 is 5.69 Å². The number of amides is 1. The zero-order chi connectivity index (χ0) is 17.4. The average Bonchev–Trinajstić information content (AvgIpc) is 2.60. The van der Waals surface area contributed by atoms with Gasteiger partial charge in [0.25, 0.3) is 5.91 Å². The second-order valence-corrected chi connectivity index (χ2v) is 4.58. The van der Waals surface area contributed by atoms with Gasteiger partial charge < -0.3 is 9.47 Å². The van der Waals surface area contributed by atoms with Gasteiger partial charge in [-0.15, -0.1) is 0 Å². The quantitative estimate of drug-likeness (QED) is 0.476. The van der Waals surface area contributed by atoms with Gasteiger partial charge in [-0.25, -0.2) is 5.43 Å². The predicted octanol–water partition coefficient (Wildman–Crippen LogP) is 2.13. The van der Waals surface area contributed by atoms with Crippen LogP contribution in [0.25, 0.3) is 0 Å². The van der Waals surface area contributed by atoms with Crippen LogP contribution in [0.2, 0.25) is 0 Å². The number of ether oxygens (including phenoxy) is 2. The third-order valence-corrected chi connectivity index (χ3v) is 2.94. The van der Waals surface area contributed by atoms with Crippen molar-refractivity contribution >= 4 is 17.8 Å². The predicted molar refractivity (Wildman–Crippen MR) is 87.3 cm³/mol. The Morgan fingerprint density at radius 2 is 1.96 bits per heavy atom. The van der Waals surface area contributed by atoms with E-state index in [1.807, 2.05) is 0 Å². The first-order chi connectivity index (χ1) is 11.6. The summed E-state index contributed by atoms with van der Waals surface area (Å²) in [4.78, 5) is 21.9. The highest BCUT2D eigenvalue weighted by Crippen LogP contribution is 2.25. The zero-order valence-electron chi connectivity index (χ0n) is 12.8. The van der Waals surface area contributed by atoms with Crippen LogP contribution in [0.4, 0.5) is 5.69 Å². The maximum Gasteiger partial charge on any atom is 0.310 e. The number of carbonyl (C=O) groups is 1. The standard InChI is InChI=1S/C16H15N3O5/c1-23-13-8-6-12(7-9-13)10-17-18-16(20)11-24-15-5-3-2-4-14(15)19(21)22/h2-10H,11H2,1H3,(H,18,20). The average molecular weight is 329 g/mol. The lowest BCUT2D eigenvalue weighted by Gasteiger charge is -2.05. The molecule has 0 saturated heterocycles. The summed E-state index contributed by atoms with van der Waals surface area (Å²) in [7, 11) is 1.57. The molecule has 0 aliphatic heterocycles. The molecule has 0 radical (unpaired) electrons. The topological polar surface area (TPSA) is 103 Å². The van der Waals surface area contributed by atoms with Crippen LogP contribution in [0.1, 0.15) is 5.56 Å². The molecular weight excluding hydrogens is 314 g/mol. The summed E-state index contributed by atoms with van der Waals surface area (Å²) in [5.74, 6) is 0.212. The molecule has 0 bridgehead atoms. The Morgan fingerprint density at radius 1 is 1.25 bits per heavy atom. The molecule has 8 heteroatoms. The first-order valence-electron chi connectivity index (χ1n) is 6.92. The number of hydrogen-bond acceptors (Lipinski definition) is 6. The van der Waals surface area contributed by atoms with E-state index in [-0.39, 0.29) is 18.0 Å². The highest BCUT2D eigenvalue weighted by molar-refractivity contribution is 5.83. The fourth-order valence-electron chi connectivity index (χ4n) is 1.77. The molecule has 1 N–H and O–H groups in total. The van der Waals surface area contributed by atoms with Crippen molar-refractivity contribution in [3.8, 4) is 11.5 Å². The SMILES string of the molecule is COc1ccc(C=NNC(=O)COc2ccccc2[N+](=O)[O-])cc1. The van der Waals surface area contributed by atoms with Crippen LogP contribution in [-0.2, 0) is 4.79 Å². The molecule has 0 heterocycles. The Labute approximate surface area is 137 Å². The van der Waals surface area contributed by atoms with E-state index in [2.05, 4.69) is 10.5 Å². The molecule has 0 unspecified atom stereocenters. The van der Waals surface area contributed by atoms with Crippen LogP contribution in [-0.4, -0.2) is 30.8 Å². The molecular formula is C16H15N3O5. The number of benzene rings is 2. The van der Waals surface area contributed by atoms with E-state index in [1.165, 1.54) is 24.4 Å². The molecule has 124 valence electrons. The summed E-state index contributed by atoms with van der Waals surface area (Å²) >= 11 is 0. The van der Waals surface area contributed by atoms with Crippen LogP contribution in [0, 0.1) is 10.1 Å². The maximum atomic E-state index is 11.6. The Bertz CT molecular complexity index is 744. The smallest absolute Gasteiger partial charge is 0.310 e. The van der Waals surface area contributed by atoms with E-state index in [1.54, 1.807) is 37.4 Å². The Balaban J connectivity index is 1.85. The molecule has 0 saturated carbocycles. The van der Waals surface area contributed by atoms with Crippen molar-refractivity contribution in [3.63, 3.8) is 0 Å². The first-order valence-corrected chi connectivity index (χ1v) is 6.92. The van der Waals surface area contributed by atoms with Gasteiger partial charge in [0, 0.05) is 6.07 Å². The van der Waals surface area contributed by atoms with Gasteiger partial charge in [-0.05, 0) is 35.9 Å². The van der Waals surface area contributed by atoms with E-state index in [4.69, 9.17) is 9.47 Å². The summed E-state index contributed by atoms with van der Waals surface area (Å²) < 4.78 is 10.2. The van der Waals surface area contributed by atoms with E-state index in [0.717, 1.165) is 5.56 Å². The summed E-state index contributed by atoms with van der Waals surface area (Å²) in [6.45, 7) is -0.384. The second kappa shape index (κ2) is 8.28. The van der Waals surface area contributed by atoms with Crippen LogP contribution in [0.3, 0.4) is 0 Å². The lowest BCUT2D eigenvalue weighted by Crippen LogP contribution is -2.24. The lowest BCUT2D eigenvalue weighted by molar-refractivity contribution is -0.385. The number of carbonyl (C=O) groups excluding carboxylic acids is 1. The third-order valence-electron chi connectivity index (χ3n) is 2.94. The van der Waals surface area contributed by atoms with Crippen LogP contribution < -0.4 is 14.9 Å². The van der Waals surface area contributed by atoms with Gasteiger partial charge in [0.05, 0.1) is 18.2 Å². The molecule has 24 heavy (non-hydrogen) atoms. The molecule has 1 amide bonds. The van der Waals surface area contributed by atoms with Gasteiger partial charge in [0.2, 0.25) is 0 Å².